The first-order valence-corrected chi connectivity index (χ1v) is 11.2. The Morgan fingerprint density at radius 1 is 1.07 bits per heavy atom. The predicted molar refractivity (Wildman–Crippen MR) is 111 cm³/mol. The van der Waals surface area contributed by atoms with Gasteiger partial charge in [0, 0.05) is 41.7 Å². The van der Waals surface area contributed by atoms with E-state index in [1.807, 2.05) is 55.5 Å². The van der Waals surface area contributed by atoms with E-state index in [4.69, 9.17) is 0 Å². The van der Waals surface area contributed by atoms with Crippen molar-refractivity contribution in [2.45, 2.75) is 25.5 Å². The molecule has 1 saturated heterocycles. The molecule has 0 bridgehead atoms. The first-order valence-electron chi connectivity index (χ1n) is 9.58. The van der Waals surface area contributed by atoms with Crippen molar-refractivity contribution in [2.75, 3.05) is 13.1 Å². The monoisotopic (exact) mass is 396 g/mol. The number of carbonyl (C=O) groups is 1. The van der Waals surface area contributed by atoms with Crippen LogP contribution in [0.5, 0.6) is 0 Å². The lowest BCUT2D eigenvalue weighted by Crippen LogP contribution is -2.40. The number of sulfonamides is 1. The highest BCUT2D eigenvalue weighted by Crippen LogP contribution is 2.28. The van der Waals surface area contributed by atoms with Crippen molar-refractivity contribution >= 4 is 26.7 Å². The summed E-state index contributed by atoms with van der Waals surface area (Å²) in [6.07, 6.45) is 2.89. The minimum Gasteiger partial charge on any atom is -0.360 e. The molecule has 0 atom stereocenters. The van der Waals surface area contributed by atoms with Gasteiger partial charge in [0.2, 0.25) is 10.0 Å². The van der Waals surface area contributed by atoms with Crippen molar-refractivity contribution in [3.63, 3.8) is 0 Å². The number of Topliss-reactive ketones (excluding diaryl/α,β-unsaturated/α-hetero) is 1. The van der Waals surface area contributed by atoms with Gasteiger partial charge in [0.15, 0.2) is 5.78 Å². The largest absolute Gasteiger partial charge is 0.360 e. The Morgan fingerprint density at radius 2 is 1.75 bits per heavy atom. The Hall–Kier alpha value is -2.44. The topological polar surface area (TPSA) is 70.2 Å². The summed E-state index contributed by atoms with van der Waals surface area (Å²) >= 11 is 0. The van der Waals surface area contributed by atoms with Gasteiger partial charge in [0.05, 0.1) is 5.75 Å². The van der Waals surface area contributed by atoms with Crippen LogP contribution in [0.25, 0.3) is 10.9 Å². The number of rotatable bonds is 5. The van der Waals surface area contributed by atoms with E-state index in [9.17, 15) is 13.2 Å². The second-order valence-corrected chi connectivity index (χ2v) is 9.50. The van der Waals surface area contributed by atoms with Gasteiger partial charge in [-0.1, -0.05) is 48.0 Å². The molecular formula is C22H24N2O3S. The lowest BCUT2D eigenvalue weighted by Gasteiger charge is -2.30. The molecule has 1 aromatic heterocycles. The molecule has 2 aromatic carbocycles. The molecule has 1 aliphatic heterocycles. The molecule has 5 nitrogen and oxygen atoms in total. The molecule has 28 heavy (non-hydrogen) atoms. The lowest BCUT2D eigenvalue weighted by molar-refractivity contribution is 0.0877. The second-order valence-electron chi connectivity index (χ2n) is 7.53. The standard InChI is InChI=1S/C22H24N2O3S/c1-16-6-8-17(9-7-16)15-28(26,27)24-12-10-18(11-13-24)22(25)20-14-23-21-5-3-2-4-19(20)21/h2-9,14,18,23H,10-13,15H2,1H3. The number of aromatic amines is 1. The van der Waals surface area contributed by atoms with E-state index in [1.165, 1.54) is 4.31 Å². The van der Waals surface area contributed by atoms with Crippen LogP contribution in [0.3, 0.4) is 0 Å². The fourth-order valence-corrected chi connectivity index (χ4v) is 5.44. The van der Waals surface area contributed by atoms with E-state index in [0.717, 1.165) is 22.0 Å². The lowest BCUT2D eigenvalue weighted by atomic mass is 9.89. The highest BCUT2D eigenvalue weighted by molar-refractivity contribution is 7.88. The van der Waals surface area contributed by atoms with Crippen LogP contribution in [0, 0.1) is 12.8 Å². The van der Waals surface area contributed by atoms with Gasteiger partial charge in [-0.15, -0.1) is 0 Å². The number of piperidine rings is 1. The zero-order valence-corrected chi connectivity index (χ0v) is 16.7. The van der Waals surface area contributed by atoms with Crippen molar-refractivity contribution in [3.05, 3.63) is 71.4 Å². The number of aromatic nitrogens is 1. The van der Waals surface area contributed by atoms with Crippen molar-refractivity contribution in [1.82, 2.24) is 9.29 Å². The van der Waals surface area contributed by atoms with E-state index >= 15 is 0 Å². The number of fused-ring (bicyclic) bond motifs is 1. The Morgan fingerprint density at radius 3 is 2.46 bits per heavy atom. The van der Waals surface area contributed by atoms with E-state index in [0.29, 0.717) is 31.5 Å². The quantitative estimate of drug-likeness (QED) is 0.665. The summed E-state index contributed by atoms with van der Waals surface area (Å²) in [5.74, 6) is -0.0213. The fourth-order valence-electron chi connectivity index (χ4n) is 3.88. The highest BCUT2D eigenvalue weighted by Gasteiger charge is 2.32. The van der Waals surface area contributed by atoms with Crippen molar-refractivity contribution in [2.24, 2.45) is 5.92 Å². The summed E-state index contributed by atoms with van der Waals surface area (Å²) in [6.45, 7) is 2.77. The first kappa shape index (κ1) is 18.9. The molecule has 0 radical (unpaired) electrons. The van der Waals surface area contributed by atoms with Gasteiger partial charge < -0.3 is 4.98 Å². The van der Waals surface area contributed by atoms with Gasteiger partial charge in [-0.25, -0.2) is 12.7 Å². The zero-order chi connectivity index (χ0) is 19.7. The number of ketones is 1. The molecule has 146 valence electrons. The number of nitrogens with one attached hydrogen (secondary N) is 1. The Balaban J connectivity index is 1.42. The minimum atomic E-state index is -3.37. The molecule has 0 aliphatic carbocycles. The van der Waals surface area contributed by atoms with Gasteiger partial charge in [-0.2, -0.15) is 0 Å². The van der Waals surface area contributed by atoms with Crippen LogP contribution in [0.15, 0.2) is 54.7 Å². The molecule has 6 heteroatoms. The predicted octanol–water partition coefficient (Wildman–Crippen LogP) is 3.90. The molecule has 1 aliphatic rings. The van der Waals surface area contributed by atoms with Crippen LogP contribution in [-0.4, -0.2) is 36.6 Å². The third-order valence-corrected chi connectivity index (χ3v) is 7.39. The molecule has 1 fully saturated rings. The maximum absolute atomic E-state index is 13.0. The van der Waals surface area contributed by atoms with E-state index in [2.05, 4.69) is 4.98 Å². The number of benzene rings is 2. The number of carbonyl (C=O) groups excluding carboxylic acids is 1. The summed E-state index contributed by atoms with van der Waals surface area (Å²) < 4.78 is 27.0. The SMILES string of the molecule is Cc1ccc(CS(=O)(=O)N2CCC(C(=O)c3c[nH]c4ccccc34)CC2)cc1. The van der Waals surface area contributed by atoms with Gasteiger partial charge in [0.1, 0.15) is 0 Å². The van der Waals surface area contributed by atoms with Crippen LogP contribution in [-0.2, 0) is 15.8 Å². The van der Waals surface area contributed by atoms with Crippen LogP contribution in [0.4, 0.5) is 0 Å². The average Bonchev–Trinajstić information content (AvgIpc) is 3.13. The van der Waals surface area contributed by atoms with Crippen molar-refractivity contribution in [1.29, 1.82) is 0 Å². The molecule has 1 N–H and O–H groups in total. The van der Waals surface area contributed by atoms with E-state index < -0.39 is 10.0 Å². The van der Waals surface area contributed by atoms with Gasteiger partial charge in [-0.3, -0.25) is 4.79 Å². The van der Waals surface area contributed by atoms with E-state index in [-0.39, 0.29) is 17.5 Å². The van der Waals surface area contributed by atoms with Crippen molar-refractivity contribution < 1.29 is 13.2 Å². The number of hydrogen-bond acceptors (Lipinski definition) is 3. The Bertz CT molecular complexity index is 1090. The number of H-pyrrole nitrogens is 1. The molecule has 2 heterocycles. The van der Waals surface area contributed by atoms with Gasteiger partial charge >= 0.3 is 0 Å². The summed E-state index contributed by atoms with van der Waals surface area (Å²) in [4.78, 5) is 16.1. The van der Waals surface area contributed by atoms with Gasteiger partial charge in [-0.05, 0) is 31.4 Å². The van der Waals surface area contributed by atoms with Crippen LogP contribution in [0.1, 0.15) is 34.3 Å². The molecule has 4 rings (SSSR count). The minimum absolute atomic E-state index is 0.00828. The van der Waals surface area contributed by atoms with Crippen LogP contribution < -0.4 is 0 Å². The molecule has 3 aromatic rings. The van der Waals surface area contributed by atoms with Crippen LogP contribution in [0.2, 0.25) is 0 Å². The van der Waals surface area contributed by atoms with Gasteiger partial charge in [0.25, 0.3) is 0 Å². The highest BCUT2D eigenvalue weighted by atomic mass is 32.2. The number of hydrogen-bond donors (Lipinski definition) is 1. The average molecular weight is 397 g/mol. The fraction of sp³-hybridized carbons (Fsp3) is 0.318. The smallest absolute Gasteiger partial charge is 0.218 e. The molecule has 0 saturated carbocycles. The third-order valence-electron chi connectivity index (χ3n) is 5.54. The summed E-state index contributed by atoms with van der Waals surface area (Å²) in [5.41, 5.74) is 3.56. The molecule has 0 spiro atoms. The van der Waals surface area contributed by atoms with E-state index in [1.54, 1.807) is 6.20 Å². The first-order chi connectivity index (χ1) is 13.4. The maximum Gasteiger partial charge on any atom is 0.218 e. The molecule has 0 unspecified atom stereocenters. The Kier molecular flexibility index (Phi) is 5.08. The van der Waals surface area contributed by atoms with Crippen molar-refractivity contribution in [3.8, 4) is 0 Å². The van der Waals surface area contributed by atoms with Crippen LogP contribution >= 0.6 is 0 Å². The second kappa shape index (κ2) is 7.53. The normalized spacial score (nSPS) is 16.5. The molecule has 0 amide bonds. The molecular weight excluding hydrogens is 372 g/mol. The maximum atomic E-state index is 13.0. The Labute approximate surface area is 165 Å². The summed E-state index contributed by atoms with van der Waals surface area (Å²) in [6, 6.07) is 15.3. The summed E-state index contributed by atoms with van der Waals surface area (Å²) in [5, 5.41) is 0.932. The number of para-hydroxylation sites is 1. The number of nitrogens with zero attached hydrogens (tertiary/aromatic N) is 1. The third kappa shape index (κ3) is 3.75. The summed E-state index contributed by atoms with van der Waals surface area (Å²) in [7, 11) is -3.37. The zero-order valence-electron chi connectivity index (χ0n) is 15.9. The number of aryl methyl sites for hydroxylation is 1.